The molecule has 0 spiro atoms. The van der Waals surface area contributed by atoms with Gasteiger partial charge in [-0.1, -0.05) is 38.1 Å². The second-order valence-corrected chi connectivity index (χ2v) is 7.21. The van der Waals surface area contributed by atoms with E-state index in [1.807, 2.05) is 25.1 Å². The number of esters is 1. The maximum atomic E-state index is 11.9. The van der Waals surface area contributed by atoms with Gasteiger partial charge >= 0.3 is 5.97 Å². The van der Waals surface area contributed by atoms with Crippen LogP contribution in [-0.4, -0.2) is 39.5 Å². The van der Waals surface area contributed by atoms with Gasteiger partial charge in [-0.15, -0.1) is 0 Å². The lowest BCUT2D eigenvalue weighted by Gasteiger charge is -2.14. The van der Waals surface area contributed by atoms with Crippen molar-refractivity contribution in [1.29, 1.82) is 0 Å². The number of nitrogens with one attached hydrogen (secondary N) is 1. The third kappa shape index (κ3) is 5.18. The minimum atomic E-state index is -3.05. The van der Waals surface area contributed by atoms with Gasteiger partial charge < -0.3 is 10.1 Å². The normalized spacial score (nSPS) is 11.6. The summed E-state index contributed by atoms with van der Waals surface area (Å²) in [4.78, 5) is 11.9. The Balaban J connectivity index is 3.06. The summed E-state index contributed by atoms with van der Waals surface area (Å²) in [7, 11) is -1.73. The predicted octanol–water partition coefficient (Wildman–Crippen LogP) is 2.74. The van der Waals surface area contributed by atoms with Crippen molar-refractivity contribution in [3.05, 3.63) is 35.4 Å². The number of sulfone groups is 1. The Hall–Kier alpha value is -1.82. The molecule has 0 aliphatic heterocycles. The van der Waals surface area contributed by atoms with Crippen molar-refractivity contribution in [2.75, 3.05) is 30.5 Å². The average Bonchev–Trinajstić information content (AvgIpc) is 2.52. The molecule has 5 nitrogen and oxygen atoms in total. The maximum Gasteiger partial charge on any atom is 0.339 e. The minimum Gasteiger partial charge on any atom is -0.465 e. The Morgan fingerprint density at radius 2 is 2.05 bits per heavy atom. The van der Waals surface area contributed by atoms with Crippen LogP contribution in [0.25, 0.3) is 6.08 Å². The molecule has 0 heterocycles. The molecule has 0 saturated carbocycles. The van der Waals surface area contributed by atoms with E-state index in [1.54, 1.807) is 19.1 Å². The highest BCUT2D eigenvalue weighted by Gasteiger charge is 2.15. The fraction of sp³-hybridized carbons (Fsp3) is 0.438. The van der Waals surface area contributed by atoms with Gasteiger partial charge in [0.2, 0.25) is 0 Å². The van der Waals surface area contributed by atoms with Crippen LogP contribution in [0, 0.1) is 0 Å². The largest absolute Gasteiger partial charge is 0.465 e. The van der Waals surface area contributed by atoms with E-state index in [-0.39, 0.29) is 18.1 Å². The molecule has 1 N–H and O–H groups in total. The summed E-state index contributed by atoms with van der Waals surface area (Å²) in [5.74, 6) is -0.320. The molecular formula is C16H23NO4S. The van der Waals surface area contributed by atoms with Crippen molar-refractivity contribution in [2.45, 2.75) is 20.3 Å². The van der Waals surface area contributed by atoms with Gasteiger partial charge in [0.05, 0.1) is 24.1 Å². The first-order valence-corrected chi connectivity index (χ1v) is 9.09. The molecule has 22 heavy (non-hydrogen) atoms. The summed E-state index contributed by atoms with van der Waals surface area (Å²) < 4.78 is 27.9. The summed E-state index contributed by atoms with van der Waals surface area (Å²) in [6.07, 6.45) is 4.75. The van der Waals surface area contributed by atoms with E-state index < -0.39 is 15.8 Å². The van der Waals surface area contributed by atoms with Crippen LogP contribution in [0.4, 0.5) is 5.69 Å². The van der Waals surface area contributed by atoms with Crippen LogP contribution < -0.4 is 5.32 Å². The highest BCUT2D eigenvalue weighted by Crippen LogP contribution is 2.23. The molecule has 0 aliphatic rings. The smallest absolute Gasteiger partial charge is 0.339 e. The third-order valence-electron chi connectivity index (χ3n) is 3.19. The molecule has 0 amide bonds. The number of methoxy groups -OCH3 is 1. The van der Waals surface area contributed by atoms with Gasteiger partial charge in [-0.05, 0) is 18.1 Å². The summed E-state index contributed by atoms with van der Waals surface area (Å²) >= 11 is 0. The summed E-state index contributed by atoms with van der Waals surface area (Å²) in [5, 5.41) is 3.07. The van der Waals surface area contributed by atoms with Gasteiger partial charge in [0.1, 0.15) is 0 Å². The lowest BCUT2D eigenvalue weighted by Crippen LogP contribution is -2.19. The van der Waals surface area contributed by atoms with E-state index in [9.17, 15) is 13.2 Å². The number of rotatable bonds is 8. The zero-order valence-corrected chi connectivity index (χ0v) is 14.1. The number of allylic oxidation sites excluding steroid dienone is 1. The first kappa shape index (κ1) is 18.2. The first-order valence-electron chi connectivity index (χ1n) is 7.27. The van der Waals surface area contributed by atoms with E-state index in [2.05, 4.69) is 5.32 Å². The number of ether oxygens (including phenoxy) is 1. The Morgan fingerprint density at radius 1 is 1.32 bits per heavy atom. The Kier molecular flexibility index (Phi) is 7.11. The molecule has 1 rings (SSSR count). The van der Waals surface area contributed by atoms with E-state index in [4.69, 9.17) is 4.74 Å². The Labute approximate surface area is 132 Å². The fourth-order valence-corrected chi connectivity index (χ4v) is 2.61. The number of hydrogen-bond acceptors (Lipinski definition) is 5. The molecule has 1 aromatic rings. The van der Waals surface area contributed by atoms with Gasteiger partial charge in [0.25, 0.3) is 0 Å². The van der Waals surface area contributed by atoms with E-state index in [0.717, 1.165) is 12.0 Å². The molecule has 0 aliphatic carbocycles. The standard InChI is InChI=1S/C16H23NO4S/c1-4-6-8-13-9-7-10-14(16(18)21-3)15(13)17-11-12-22(19,20)5-2/h6-10,17H,4-5,11-12H2,1-3H3. The highest BCUT2D eigenvalue weighted by atomic mass is 32.2. The second-order valence-electron chi connectivity index (χ2n) is 4.74. The van der Waals surface area contributed by atoms with Crippen molar-refractivity contribution in [1.82, 2.24) is 0 Å². The maximum absolute atomic E-state index is 11.9. The topological polar surface area (TPSA) is 72.5 Å². The molecule has 0 bridgehead atoms. The minimum absolute atomic E-state index is 0.0237. The fourth-order valence-electron chi connectivity index (χ4n) is 1.91. The number of anilines is 1. The number of hydrogen-bond donors (Lipinski definition) is 1. The molecule has 0 saturated heterocycles. The lowest BCUT2D eigenvalue weighted by atomic mass is 10.1. The number of para-hydroxylation sites is 1. The summed E-state index contributed by atoms with van der Waals surface area (Å²) in [5.41, 5.74) is 1.83. The van der Waals surface area contributed by atoms with Crippen LogP contribution in [0.1, 0.15) is 36.2 Å². The highest BCUT2D eigenvalue weighted by molar-refractivity contribution is 7.91. The third-order valence-corrected chi connectivity index (χ3v) is 4.90. The van der Waals surface area contributed by atoms with Crippen molar-refractivity contribution < 1.29 is 17.9 Å². The average molecular weight is 325 g/mol. The molecule has 0 atom stereocenters. The van der Waals surface area contributed by atoms with Gasteiger partial charge in [-0.25, -0.2) is 13.2 Å². The molecule has 6 heteroatoms. The van der Waals surface area contributed by atoms with Crippen molar-refractivity contribution in [2.24, 2.45) is 0 Å². The van der Waals surface area contributed by atoms with E-state index in [0.29, 0.717) is 11.3 Å². The van der Waals surface area contributed by atoms with Gasteiger partial charge in [-0.2, -0.15) is 0 Å². The van der Waals surface area contributed by atoms with Crippen LogP contribution in [0.15, 0.2) is 24.3 Å². The van der Waals surface area contributed by atoms with Crippen LogP contribution in [0.5, 0.6) is 0 Å². The molecule has 0 unspecified atom stereocenters. The monoisotopic (exact) mass is 325 g/mol. The number of carbonyl (C=O) groups excluding carboxylic acids is 1. The van der Waals surface area contributed by atoms with Crippen molar-refractivity contribution in [3.63, 3.8) is 0 Å². The van der Waals surface area contributed by atoms with Gasteiger partial charge in [0.15, 0.2) is 9.84 Å². The first-order chi connectivity index (χ1) is 10.4. The zero-order valence-electron chi connectivity index (χ0n) is 13.3. The number of carbonyl (C=O) groups is 1. The van der Waals surface area contributed by atoms with Crippen LogP contribution in [0.3, 0.4) is 0 Å². The van der Waals surface area contributed by atoms with E-state index in [1.165, 1.54) is 7.11 Å². The Bertz CT molecular complexity index is 636. The SMILES string of the molecule is CCC=Cc1cccc(C(=O)OC)c1NCCS(=O)(=O)CC. The molecule has 0 radical (unpaired) electrons. The van der Waals surface area contributed by atoms with Crippen molar-refractivity contribution in [3.8, 4) is 0 Å². The quantitative estimate of drug-likeness (QED) is 0.744. The zero-order chi connectivity index (χ0) is 16.6. The Morgan fingerprint density at radius 3 is 2.64 bits per heavy atom. The molecule has 1 aromatic carbocycles. The van der Waals surface area contributed by atoms with Crippen LogP contribution >= 0.6 is 0 Å². The van der Waals surface area contributed by atoms with Crippen molar-refractivity contribution >= 4 is 27.6 Å². The summed E-state index contributed by atoms with van der Waals surface area (Å²) in [6.45, 7) is 3.88. The van der Waals surface area contributed by atoms with Crippen LogP contribution in [0.2, 0.25) is 0 Å². The molecule has 0 fully saturated rings. The molecule has 0 aromatic heterocycles. The van der Waals surface area contributed by atoms with Gasteiger partial charge in [0, 0.05) is 12.3 Å². The molecular weight excluding hydrogens is 302 g/mol. The van der Waals surface area contributed by atoms with E-state index >= 15 is 0 Å². The lowest BCUT2D eigenvalue weighted by molar-refractivity contribution is 0.0602. The summed E-state index contributed by atoms with van der Waals surface area (Å²) in [6, 6.07) is 5.30. The second kappa shape index (κ2) is 8.58. The van der Waals surface area contributed by atoms with Crippen LogP contribution in [-0.2, 0) is 14.6 Å². The number of benzene rings is 1. The molecule has 122 valence electrons. The van der Waals surface area contributed by atoms with Gasteiger partial charge in [-0.3, -0.25) is 0 Å². The predicted molar refractivity (Wildman–Crippen MR) is 89.9 cm³/mol.